The number of hydrogen-bond acceptors (Lipinski definition) is 4. The molecule has 78 valence electrons. The first-order valence-electron chi connectivity index (χ1n) is 4.83. The molecule has 0 saturated carbocycles. The second-order valence-corrected chi connectivity index (χ2v) is 5.14. The Morgan fingerprint density at radius 1 is 0.750 bits per heavy atom. The van der Waals surface area contributed by atoms with E-state index in [1.165, 1.54) is 0 Å². The fourth-order valence-electron chi connectivity index (χ4n) is 1.43. The van der Waals surface area contributed by atoms with Gasteiger partial charge in [-0.05, 0) is 22.9 Å². The topological polar surface area (TPSA) is 25.8 Å². The second-order valence-electron chi connectivity index (χ2n) is 3.24. The fraction of sp³-hybridized carbons (Fsp3) is 0. The summed E-state index contributed by atoms with van der Waals surface area (Å²) in [4.78, 5) is 11.2. The van der Waals surface area contributed by atoms with E-state index in [4.69, 9.17) is 0 Å². The van der Waals surface area contributed by atoms with E-state index in [0.717, 1.165) is 21.1 Å². The Morgan fingerprint density at radius 3 is 1.56 bits per heavy atom. The standard InChI is InChI=1S/C12H8N2S2/c1-3-11(15-5-1)9-7-14-10(8-13-9)12-4-2-6-16-12/h1-8H. The molecule has 0 aliphatic rings. The summed E-state index contributed by atoms with van der Waals surface area (Å²) in [7, 11) is 0. The predicted molar refractivity (Wildman–Crippen MR) is 68.7 cm³/mol. The lowest BCUT2D eigenvalue weighted by atomic mass is 10.3. The third-order valence-electron chi connectivity index (χ3n) is 2.20. The van der Waals surface area contributed by atoms with Gasteiger partial charge in [0.05, 0.1) is 33.5 Å². The highest BCUT2D eigenvalue weighted by Gasteiger charge is 2.03. The molecule has 0 radical (unpaired) electrons. The zero-order valence-corrected chi connectivity index (χ0v) is 9.96. The van der Waals surface area contributed by atoms with Crippen LogP contribution in [0.25, 0.3) is 21.1 Å². The van der Waals surface area contributed by atoms with Crippen molar-refractivity contribution >= 4 is 22.7 Å². The summed E-state index contributed by atoms with van der Waals surface area (Å²) in [5.41, 5.74) is 1.88. The summed E-state index contributed by atoms with van der Waals surface area (Å²) >= 11 is 3.36. The first kappa shape index (κ1) is 9.69. The number of thiophene rings is 2. The van der Waals surface area contributed by atoms with E-state index >= 15 is 0 Å². The van der Waals surface area contributed by atoms with Crippen LogP contribution in [0.2, 0.25) is 0 Å². The molecular formula is C12H8N2S2. The quantitative estimate of drug-likeness (QED) is 0.682. The summed E-state index contributed by atoms with van der Waals surface area (Å²) in [6.07, 6.45) is 3.67. The average molecular weight is 244 g/mol. The van der Waals surface area contributed by atoms with Gasteiger partial charge in [0.1, 0.15) is 0 Å². The summed E-state index contributed by atoms with van der Waals surface area (Å²) in [5.74, 6) is 0. The molecule has 0 atom stereocenters. The molecule has 3 rings (SSSR count). The van der Waals surface area contributed by atoms with Crippen molar-refractivity contribution in [3.8, 4) is 21.1 Å². The number of nitrogens with zero attached hydrogens (tertiary/aromatic N) is 2. The van der Waals surface area contributed by atoms with E-state index in [1.807, 2.05) is 35.3 Å². The highest BCUT2D eigenvalue weighted by molar-refractivity contribution is 7.13. The molecule has 0 aromatic carbocycles. The minimum Gasteiger partial charge on any atom is -0.251 e. The summed E-state index contributed by atoms with van der Waals surface area (Å²) in [6.45, 7) is 0. The zero-order valence-electron chi connectivity index (χ0n) is 8.33. The molecule has 3 aromatic heterocycles. The van der Waals surface area contributed by atoms with Gasteiger partial charge < -0.3 is 0 Å². The average Bonchev–Trinajstić information content (AvgIpc) is 3.03. The molecule has 0 aliphatic carbocycles. The molecule has 0 aliphatic heterocycles. The van der Waals surface area contributed by atoms with E-state index in [2.05, 4.69) is 22.1 Å². The fourth-order valence-corrected chi connectivity index (χ4v) is 2.81. The lowest BCUT2D eigenvalue weighted by Gasteiger charge is -1.98. The molecule has 0 spiro atoms. The Hall–Kier alpha value is -1.52. The van der Waals surface area contributed by atoms with E-state index in [-0.39, 0.29) is 0 Å². The maximum atomic E-state index is 4.43. The van der Waals surface area contributed by atoms with Gasteiger partial charge in [-0.15, -0.1) is 22.7 Å². The minimum absolute atomic E-state index is 0.940. The van der Waals surface area contributed by atoms with Crippen LogP contribution in [0, 0.1) is 0 Å². The Balaban J connectivity index is 1.97. The lowest BCUT2D eigenvalue weighted by molar-refractivity contribution is 1.22. The predicted octanol–water partition coefficient (Wildman–Crippen LogP) is 3.93. The highest BCUT2D eigenvalue weighted by Crippen LogP contribution is 2.25. The summed E-state index contributed by atoms with van der Waals surface area (Å²) in [6, 6.07) is 8.16. The van der Waals surface area contributed by atoms with E-state index in [1.54, 1.807) is 22.7 Å². The van der Waals surface area contributed by atoms with Crippen molar-refractivity contribution in [2.75, 3.05) is 0 Å². The van der Waals surface area contributed by atoms with Gasteiger partial charge in [-0.2, -0.15) is 0 Å². The van der Waals surface area contributed by atoms with Crippen molar-refractivity contribution in [1.29, 1.82) is 0 Å². The van der Waals surface area contributed by atoms with E-state index in [9.17, 15) is 0 Å². The highest BCUT2D eigenvalue weighted by atomic mass is 32.1. The molecular weight excluding hydrogens is 236 g/mol. The van der Waals surface area contributed by atoms with Gasteiger partial charge >= 0.3 is 0 Å². The summed E-state index contributed by atoms with van der Waals surface area (Å²) in [5, 5.41) is 4.09. The van der Waals surface area contributed by atoms with Crippen LogP contribution in [0.15, 0.2) is 47.4 Å². The van der Waals surface area contributed by atoms with Gasteiger partial charge in [0, 0.05) is 0 Å². The van der Waals surface area contributed by atoms with Crippen LogP contribution in [-0.2, 0) is 0 Å². The van der Waals surface area contributed by atoms with Crippen LogP contribution in [0.4, 0.5) is 0 Å². The number of aromatic nitrogens is 2. The molecule has 2 nitrogen and oxygen atoms in total. The monoisotopic (exact) mass is 244 g/mol. The van der Waals surface area contributed by atoms with Gasteiger partial charge in [-0.3, -0.25) is 9.97 Å². The Bertz CT molecular complexity index is 500. The van der Waals surface area contributed by atoms with Gasteiger partial charge in [0.15, 0.2) is 0 Å². The smallest absolute Gasteiger partial charge is 0.0985 e. The molecule has 3 aromatic rings. The first-order valence-corrected chi connectivity index (χ1v) is 6.59. The van der Waals surface area contributed by atoms with Gasteiger partial charge in [0.2, 0.25) is 0 Å². The van der Waals surface area contributed by atoms with E-state index < -0.39 is 0 Å². The molecule has 0 saturated heterocycles. The van der Waals surface area contributed by atoms with Gasteiger partial charge in [0.25, 0.3) is 0 Å². The molecule has 0 amide bonds. The second kappa shape index (κ2) is 4.15. The first-order chi connectivity index (χ1) is 7.93. The van der Waals surface area contributed by atoms with Crippen molar-refractivity contribution in [1.82, 2.24) is 9.97 Å². The van der Waals surface area contributed by atoms with Crippen molar-refractivity contribution in [3.05, 3.63) is 47.4 Å². The third kappa shape index (κ3) is 1.77. The van der Waals surface area contributed by atoms with Crippen LogP contribution in [0.1, 0.15) is 0 Å². The Labute approximate surface area is 101 Å². The summed E-state index contributed by atoms with van der Waals surface area (Å²) < 4.78 is 0. The van der Waals surface area contributed by atoms with Crippen LogP contribution in [0.5, 0.6) is 0 Å². The molecule has 4 heteroatoms. The van der Waals surface area contributed by atoms with Crippen LogP contribution in [0.3, 0.4) is 0 Å². The maximum absolute atomic E-state index is 4.43. The largest absolute Gasteiger partial charge is 0.251 e. The Kier molecular flexibility index (Phi) is 2.52. The van der Waals surface area contributed by atoms with Gasteiger partial charge in [-0.1, -0.05) is 12.1 Å². The van der Waals surface area contributed by atoms with Crippen LogP contribution in [-0.4, -0.2) is 9.97 Å². The zero-order chi connectivity index (χ0) is 10.8. The van der Waals surface area contributed by atoms with Crippen molar-refractivity contribution in [2.45, 2.75) is 0 Å². The van der Waals surface area contributed by atoms with Gasteiger partial charge in [-0.25, -0.2) is 0 Å². The third-order valence-corrected chi connectivity index (χ3v) is 3.98. The van der Waals surface area contributed by atoms with Crippen molar-refractivity contribution in [3.63, 3.8) is 0 Å². The van der Waals surface area contributed by atoms with E-state index in [0.29, 0.717) is 0 Å². The molecule has 0 fully saturated rings. The number of hydrogen-bond donors (Lipinski definition) is 0. The molecule has 0 unspecified atom stereocenters. The van der Waals surface area contributed by atoms with Crippen LogP contribution < -0.4 is 0 Å². The normalized spacial score (nSPS) is 10.5. The van der Waals surface area contributed by atoms with Crippen molar-refractivity contribution < 1.29 is 0 Å². The molecule has 3 heterocycles. The van der Waals surface area contributed by atoms with Crippen LogP contribution >= 0.6 is 22.7 Å². The lowest BCUT2D eigenvalue weighted by Crippen LogP contribution is -1.85. The number of rotatable bonds is 2. The SMILES string of the molecule is c1csc(-c2cnc(-c3cccs3)cn2)c1. The Morgan fingerprint density at radius 2 is 1.25 bits per heavy atom. The molecule has 0 bridgehead atoms. The molecule has 16 heavy (non-hydrogen) atoms. The molecule has 0 N–H and O–H groups in total. The van der Waals surface area contributed by atoms with Crippen molar-refractivity contribution in [2.24, 2.45) is 0 Å². The maximum Gasteiger partial charge on any atom is 0.0985 e. The minimum atomic E-state index is 0.940.